The van der Waals surface area contributed by atoms with E-state index in [9.17, 15) is 14.4 Å². The van der Waals surface area contributed by atoms with Crippen LogP contribution in [-0.4, -0.2) is 58.1 Å². The third-order valence-corrected chi connectivity index (χ3v) is 5.33. The number of hydrogen-bond acceptors (Lipinski definition) is 3. The molecule has 2 saturated heterocycles. The Morgan fingerprint density at radius 1 is 1.25 bits per heavy atom. The standard InChI is InChI=1S/C18H25N3O3/c1-3-9-20-11-5-7-18(17(20)24)8-12-21(13-18)16(23)15(22)14-6-4-10-19(14)2/h4,6,10H,3,5,7-9,11-13H2,1-2H3/t18-/m0/s1. The van der Waals surface area contributed by atoms with Gasteiger partial charge in [-0.05, 0) is 37.8 Å². The van der Waals surface area contributed by atoms with Gasteiger partial charge in [0.25, 0.3) is 11.7 Å². The van der Waals surface area contributed by atoms with Gasteiger partial charge in [0.1, 0.15) is 0 Å². The zero-order chi connectivity index (χ0) is 17.3. The van der Waals surface area contributed by atoms with Gasteiger partial charge in [0, 0.05) is 39.4 Å². The molecule has 0 aliphatic carbocycles. The first kappa shape index (κ1) is 16.7. The number of Topliss-reactive ketones (excluding diaryl/α,β-unsaturated/α-hetero) is 1. The Hall–Kier alpha value is -2.11. The van der Waals surface area contributed by atoms with Crippen LogP contribution in [0.4, 0.5) is 0 Å². The summed E-state index contributed by atoms with van der Waals surface area (Å²) in [5.41, 5.74) is -0.0825. The molecule has 130 valence electrons. The van der Waals surface area contributed by atoms with Crippen LogP contribution in [0, 0.1) is 5.41 Å². The molecule has 0 radical (unpaired) electrons. The summed E-state index contributed by atoms with van der Waals surface area (Å²) in [6.07, 6.45) is 5.14. The first-order chi connectivity index (χ1) is 11.5. The summed E-state index contributed by atoms with van der Waals surface area (Å²) in [4.78, 5) is 41.4. The van der Waals surface area contributed by atoms with E-state index in [4.69, 9.17) is 0 Å². The highest BCUT2D eigenvalue weighted by molar-refractivity contribution is 6.42. The highest BCUT2D eigenvalue weighted by atomic mass is 16.2. The number of aromatic nitrogens is 1. The molecule has 1 aromatic rings. The molecule has 2 fully saturated rings. The van der Waals surface area contributed by atoms with E-state index in [-0.39, 0.29) is 5.91 Å². The number of likely N-dealkylation sites (tertiary alicyclic amines) is 2. The highest BCUT2D eigenvalue weighted by Crippen LogP contribution is 2.40. The summed E-state index contributed by atoms with van der Waals surface area (Å²) in [6, 6.07) is 3.40. The van der Waals surface area contributed by atoms with Crippen LogP contribution >= 0.6 is 0 Å². The number of piperidine rings is 1. The SMILES string of the molecule is CCCN1CCC[C@@]2(CCN(C(=O)C(=O)c3cccn3C)C2)C1=O. The van der Waals surface area contributed by atoms with Crippen molar-refractivity contribution in [1.29, 1.82) is 0 Å². The van der Waals surface area contributed by atoms with E-state index in [1.807, 2.05) is 4.90 Å². The molecular formula is C18H25N3O3. The van der Waals surface area contributed by atoms with Crippen LogP contribution in [0.15, 0.2) is 18.3 Å². The number of rotatable bonds is 4. The smallest absolute Gasteiger partial charge is 0.296 e. The minimum absolute atomic E-state index is 0.164. The Labute approximate surface area is 142 Å². The fraction of sp³-hybridized carbons (Fsp3) is 0.611. The monoisotopic (exact) mass is 331 g/mol. The number of carbonyl (C=O) groups is 3. The molecule has 2 amide bonds. The molecule has 3 heterocycles. The van der Waals surface area contributed by atoms with E-state index < -0.39 is 17.1 Å². The van der Waals surface area contributed by atoms with Crippen molar-refractivity contribution in [2.75, 3.05) is 26.2 Å². The summed E-state index contributed by atoms with van der Waals surface area (Å²) in [5, 5.41) is 0. The largest absolute Gasteiger partial charge is 0.348 e. The van der Waals surface area contributed by atoms with Crippen LogP contribution < -0.4 is 0 Å². The van der Waals surface area contributed by atoms with E-state index in [1.54, 1.807) is 34.8 Å². The Bertz CT molecular complexity index is 664. The van der Waals surface area contributed by atoms with E-state index in [0.717, 1.165) is 32.4 Å². The van der Waals surface area contributed by atoms with Crippen LogP contribution in [0.5, 0.6) is 0 Å². The predicted octanol–water partition coefficient (Wildman–Crippen LogP) is 1.46. The van der Waals surface area contributed by atoms with Crippen LogP contribution in [0.2, 0.25) is 0 Å². The number of amides is 2. The quantitative estimate of drug-likeness (QED) is 0.620. The topological polar surface area (TPSA) is 62.6 Å². The van der Waals surface area contributed by atoms with Crippen LogP contribution in [-0.2, 0) is 16.6 Å². The van der Waals surface area contributed by atoms with Gasteiger partial charge in [0.15, 0.2) is 0 Å². The molecule has 0 N–H and O–H groups in total. The Balaban J connectivity index is 1.72. The minimum Gasteiger partial charge on any atom is -0.348 e. The van der Waals surface area contributed by atoms with Gasteiger partial charge < -0.3 is 14.4 Å². The molecule has 2 aliphatic heterocycles. The van der Waals surface area contributed by atoms with Crippen molar-refractivity contribution in [2.45, 2.75) is 32.6 Å². The second kappa shape index (κ2) is 6.42. The number of nitrogens with zero attached hydrogens (tertiary/aromatic N) is 3. The third kappa shape index (κ3) is 2.74. The molecule has 0 saturated carbocycles. The highest BCUT2D eigenvalue weighted by Gasteiger charge is 2.49. The van der Waals surface area contributed by atoms with Gasteiger partial charge in [-0.3, -0.25) is 14.4 Å². The lowest BCUT2D eigenvalue weighted by molar-refractivity contribution is -0.146. The zero-order valence-electron chi connectivity index (χ0n) is 14.5. The molecule has 1 aromatic heterocycles. The van der Waals surface area contributed by atoms with Crippen molar-refractivity contribution < 1.29 is 14.4 Å². The van der Waals surface area contributed by atoms with Gasteiger partial charge in [-0.25, -0.2) is 0 Å². The Morgan fingerprint density at radius 2 is 2.04 bits per heavy atom. The lowest BCUT2D eigenvalue weighted by atomic mass is 9.78. The van der Waals surface area contributed by atoms with Crippen molar-refractivity contribution >= 4 is 17.6 Å². The Kier molecular flexibility index (Phi) is 4.47. The molecule has 0 aromatic carbocycles. The average molecular weight is 331 g/mol. The summed E-state index contributed by atoms with van der Waals surface area (Å²) in [7, 11) is 1.75. The van der Waals surface area contributed by atoms with Gasteiger partial charge >= 0.3 is 0 Å². The van der Waals surface area contributed by atoms with Crippen LogP contribution in [0.25, 0.3) is 0 Å². The summed E-state index contributed by atoms with van der Waals surface area (Å²) < 4.78 is 1.65. The lowest BCUT2D eigenvalue weighted by Gasteiger charge is -2.39. The average Bonchev–Trinajstić information content (AvgIpc) is 3.18. The van der Waals surface area contributed by atoms with Crippen molar-refractivity contribution in [1.82, 2.24) is 14.4 Å². The summed E-state index contributed by atoms with van der Waals surface area (Å²) in [6.45, 7) is 4.51. The number of carbonyl (C=O) groups excluding carboxylic acids is 3. The molecule has 1 atom stereocenters. The fourth-order valence-corrected chi connectivity index (χ4v) is 4.01. The molecular weight excluding hydrogens is 306 g/mol. The molecule has 24 heavy (non-hydrogen) atoms. The molecule has 2 aliphatic rings. The summed E-state index contributed by atoms with van der Waals surface area (Å²) >= 11 is 0. The normalized spacial score (nSPS) is 24.0. The number of hydrogen-bond donors (Lipinski definition) is 0. The van der Waals surface area contributed by atoms with Crippen molar-refractivity contribution in [3.05, 3.63) is 24.0 Å². The first-order valence-electron chi connectivity index (χ1n) is 8.73. The predicted molar refractivity (Wildman–Crippen MR) is 89.5 cm³/mol. The number of ketones is 1. The number of aryl methyl sites for hydroxylation is 1. The van der Waals surface area contributed by atoms with Gasteiger partial charge in [0.2, 0.25) is 5.91 Å². The van der Waals surface area contributed by atoms with E-state index in [2.05, 4.69) is 6.92 Å². The maximum Gasteiger partial charge on any atom is 0.296 e. The zero-order valence-corrected chi connectivity index (χ0v) is 14.5. The maximum atomic E-state index is 12.9. The van der Waals surface area contributed by atoms with E-state index in [0.29, 0.717) is 25.2 Å². The van der Waals surface area contributed by atoms with Gasteiger partial charge in [-0.15, -0.1) is 0 Å². The summed E-state index contributed by atoms with van der Waals surface area (Å²) in [5.74, 6) is -0.820. The second-order valence-electron chi connectivity index (χ2n) is 6.99. The molecule has 0 bridgehead atoms. The van der Waals surface area contributed by atoms with Crippen molar-refractivity contribution in [3.63, 3.8) is 0 Å². The molecule has 0 unspecified atom stereocenters. The molecule has 1 spiro atoms. The molecule has 6 heteroatoms. The maximum absolute atomic E-state index is 12.9. The van der Waals surface area contributed by atoms with E-state index >= 15 is 0 Å². The van der Waals surface area contributed by atoms with E-state index in [1.165, 1.54) is 0 Å². The lowest BCUT2D eigenvalue weighted by Crippen LogP contribution is -2.50. The Morgan fingerprint density at radius 3 is 2.71 bits per heavy atom. The molecule has 6 nitrogen and oxygen atoms in total. The van der Waals surface area contributed by atoms with Crippen LogP contribution in [0.3, 0.4) is 0 Å². The first-order valence-corrected chi connectivity index (χ1v) is 8.73. The van der Waals surface area contributed by atoms with Gasteiger partial charge in [0.05, 0.1) is 11.1 Å². The van der Waals surface area contributed by atoms with Crippen molar-refractivity contribution in [2.24, 2.45) is 12.5 Å². The fourth-order valence-electron chi connectivity index (χ4n) is 4.01. The minimum atomic E-state index is -0.492. The van der Waals surface area contributed by atoms with Gasteiger partial charge in [-0.1, -0.05) is 6.92 Å². The third-order valence-electron chi connectivity index (χ3n) is 5.33. The van der Waals surface area contributed by atoms with Crippen molar-refractivity contribution in [3.8, 4) is 0 Å². The van der Waals surface area contributed by atoms with Gasteiger partial charge in [-0.2, -0.15) is 0 Å². The molecule has 3 rings (SSSR count). The second-order valence-corrected chi connectivity index (χ2v) is 6.99. The van der Waals surface area contributed by atoms with Crippen LogP contribution in [0.1, 0.15) is 43.1 Å².